The second kappa shape index (κ2) is 9.02. The van der Waals surface area contributed by atoms with E-state index in [1.165, 1.54) is 30.3 Å². The molecule has 0 radical (unpaired) electrons. The van der Waals surface area contributed by atoms with E-state index in [-0.39, 0.29) is 22.1 Å². The predicted molar refractivity (Wildman–Crippen MR) is 123 cm³/mol. The van der Waals surface area contributed by atoms with Gasteiger partial charge in [-0.2, -0.15) is 5.26 Å². The molecule has 0 aromatic heterocycles. The maximum absolute atomic E-state index is 14.9. The first-order valence-corrected chi connectivity index (χ1v) is 11.8. The Kier molecular flexibility index (Phi) is 6.14. The van der Waals surface area contributed by atoms with E-state index in [1.54, 1.807) is 30.3 Å². The van der Waals surface area contributed by atoms with Gasteiger partial charge in [0.05, 0.1) is 22.2 Å². The van der Waals surface area contributed by atoms with Crippen molar-refractivity contribution in [3.63, 3.8) is 0 Å². The minimum atomic E-state index is -3.99. The van der Waals surface area contributed by atoms with Crippen LogP contribution in [0.2, 0.25) is 0 Å². The summed E-state index contributed by atoms with van der Waals surface area (Å²) in [7, 11) is -3.99. The van der Waals surface area contributed by atoms with Gasteiger partial charge in [0.15, 0.2) is 0 Å². The average molecular weight is 465 g/mol. The number of primary sulfonamides is 1. The van der Waals surface area contributed by atoms with Crippen LogP contribution >= 0.6 is 0 Å². The number of nitriles is 1. The van der Waals surface area contributed by atoms with Gasteiger partial charge in [0.2, 0.25) is 15.9 Å². The minimum absolute atomic E-state index is 0.00513. The number of nitrogens with zero attached hydrogens (tertiary/aromatic N) is 2. The first kappa shape index (κ1) is 22.5. The standard InChI is InChI=1S/C24H21FN4O3S/c25-20-14-17(19-7-1-2-9-23(19)33(27,31)32)10-11-21(20)28-24(30)22-8-4-12-29(22)18-6-3-5-16(13-18)15-26/h1-3,5-7,9-11,13-14,22H,4,8,12H2,(H,28,30)(H2,27,31,32). The summed E-state index contributed by atoms with van der Waals surface area (Å²) < 4.78 is 38.6. The van der Waals surface area contributed by atoms with Crippen LogP contribution < -0.4 is 15.4 Å². The summed E-state index contributed by atoms with van der Waals surface area (Å²) in [5.41, 5.74) is 1.86. The van der Waals surface area contributed by atoms with Crippen molar-refractivity contribution in [2.24, 2.45) is 5.14 Å². The van der Waals surface area contributed by atoms with E-state index >= 15 is 0 Å². The van der Waals surface area contributed by atoms with E-state index in [0.717, 1.165) is 12.1 Å². The van der Waals surface area contributed by atoms with Crippen LogP contribution in [0.3, 0.4) is 0 Å². The highest BCUT2D eigenvalue weighted by Gasteiger charge is 2.31. The number of anilines is 2. The average Bonchev–Trinajstić information content (AvgIpc) is 3.30. The number of carbonyl (C=O) groups excluding carboxylic acids is 1. The van der Waals surface area contributed by atoms with Gasteiger partial charge in [-0.15, -0.1) is 0 Å². The zero-order valence-corrected chi connectivity index (χ0v) is 18.3. The van der Waals surface area contributed by atoms with Crippen molar-refractivity contribution < 1.29 is 17.6 Å². The molecule has 7 nitrogen and oxygen atoms in total. The molecular weight excluding hydrogens is 443 g/mol. The van der Waals surface area contributed by atoms with E-state index in [4.69, 9.17) is 10.4 Å². The predicted octanol–water partition coefficient (Wildman–Crippen LogP) is 3.62. The maximum atomic E-state index is 14.9. The van der Waals surface area contributed by atoms with Gasteiger partial charge in [-0.25, -0.2) is 17.9 Å². The fourth-order valence-corrected chi connectivity index (χ4v) is 4.82. The molecule has 168 valence electrons. The topological polar surface area (TPSA) is 116 Å². The lowest BCUT2D eigenvalue weighted by Crippen LogP contribution is -2.39. The highest BCUT2D eigenvalue weighted by molar-refractivity contribution is 7.89. The molecule has 3 aromatic rings. The molecule has 0 spiro atoms. The van der Waals surface area contributed by atoms with E-state index in [1.807, 2.05) is 11.0 Å². The van der Waals surface area contributed by atoms with Gasteiger partial charge < -0.3 is 10.2 Å². The summed E-state index contributed by atoms with van der Waals surface area (Å²) in [5, 5.41) is 17.1. The normalized spacial score (nSPS) is 15.8. The molecule has 33 heavy (non-hydrogen) atoms. The molecule has 3 N–H and O–H groups in total. The van der Waals surface area contributed by atoms with Crippen molar-refractivity contribution in [3.8, 4) is 17.2 Å². The van der Waals surface area contributed by atoms with Crippen LogP contribution in [0.4, 0.5) is 15.8 Å². The Bertz CT molecular complexity index is 1370. The van der Waals surface area contributed by atoms with Crippen LogP contribution in [-0.2, 0) is 14.8 Å². The Balaban J connectivity index is 1.57. The quantitative estimate of drug-likeness (QED) is 0.598. The van der Waals surface area contributed by atoms with Crippen LogP contribution in [0, 0.1) is 17.1 Å². The zero-order valence-electron chi connectivity index (χ0n) is 17.5. The van der Waals surface area contributed by atoms with Gasteiger partial charge in [-0.05, 0) is 54.8 Å². The Morgan fingerprint density at radius 1 is 1.12 bits per heavy atom. The molecule has 1 aliphatic heterocycles. The second-order valence-corrected chi connectivity index (χ2v) is 9.27. The molecule has 4 rings (SSSR count). The molecule has 1 atom stereocenters. The van der Waals surface area contributed by atoms with Crippen LogP contribution in [0.5, 0.6) is 0 Å². The largest absolute Gasteiger partial charge is 0.359 e. The summed E-state index contributed by atoms with van der Waals surface area (Å²) in [6.07, 6.45) is 1.39. The van der Waals surface area contributed by atoms with Gasteiger partial charge in [0.25, 0.3) is 0 Å². The summed E-state index contributed by atoms with van der Waals surface area (Å²) in [4.78, 5) is 14.8. The number of benzene rings is 3. The summed E-state index contributed by atoms with van der Waals surface area (Å²) in [5.74, 6) is -1.05. The van der Waals surface area contributed by atoms with E-state index in [0.29, 0.717) is 24.1 Å². The number of hydrogen-bond donors (Lipinski definition) is 2. The van der Waals surface area contributed by atoms with Crippen molar-refractivity contribution in [1.29, 1.82) is 5.26 Å². The summed E-state index contributed by atoms with van der Waals surface area (Å²) >= 11 is 0. The molecule has 1 heterocycles. The van der Waals surface area contributed by atoms with Crippen LogP contribution in [0.15, 0.2) is 71.6 Å². The van der Waals surface area contributed by atoms with Gasteiger partial charge in [-0.1, -0.05) is 30.3 Å². The number of hydrogen-bond acceptors (Lipinski definition) is 5. The van der Waals surface area contributed by atoms with Crippen molar-refractivity contribution in [1.82, 2.24) is 0 Å². The molecule has 1 aliphatic rings. The third-order valence-electron chi connectivity index (χ3n) is 5.59. The number of carbonyl (C=O) groups is 1. The fourth-order valence-electron chi connectivity index (χ4n) is 4.06. The maximum Gasteiger partial charge on any atom is 0.247 e. The van der Waals surface area contributed by atoms with Crippen LogP contribution in [-0.4, -0.2) is 26.9 Å². The molecule has 1 unspecified atom stereocenters. The molecule has 1 saturated heterocycles. The Labute approximate surface area is 191 Å². The van der Waals surface area contributed by atoms with Crippen molar-refractivity contribution in [3.05, 3.63) is 78.1 Å². The second-order valence-electron chi connectivity index (χ2n) is 7.74. The monoisotopic (exact) mass is 464 g/mol. The number of rotatable bonds is 5. The third-order valence-corrected chi connectivity index (χ3v) is 6.56. The lowest BCUT2D eigenvalue weighted by Gasteiger charge is -2.26. The molecule has 0 bridgehead atoms. The molecule has 0 saturated carbocycles. The number of halogens is 1. The van der Waals surface area contributed by atoms with E-state index in [9.17, 15) is 17.6 Å². The van der Waals surface area contributed by atoms with E-state index < -0.39 is 21.9 Å². The van der Waals surface area contributed by atoms with E-state index in [2.05, 4.69) is 11.4 Å². The van der Waals surface area contributed by atoms with Gasteiger partial charge in [0.1, 0.15) is 11.9 Å². The highest BCUT2D eigenvalue weighted by atomic mass is 32.2. The number of nitrogens with two attached hydrogens (primary N) is 1. The zero-order chi connectivity index (χ0) is 23.6. The molecule has 9 heteroatoms. The first-order chi connectivity index (χ1) is 15.8. The fraction of sp³-hybridized carbons (Fsp3) is 0.167. The third kappa shape index (κ3) is 4.72. The van der Waals surface area contributed by atoms with Crippen molar-refractivity contribution >= 4 is 27.3 Å². The Hall–Kier alpha value is -3.74. The van der Waals surface area contributed by atoms with Gasteiger partial charge in [-0.3, -0.25) is 4.79 Å². The van der Waals surface area contributed by atoms with Gasteiger partial charge in [0, 0.05) is 17.8 Å². The molecule has 1 amide bonds. The Morgan fingerprint density at radius 2 is 1.91 bits per heavy atom. The van der Waals surface area contributed by atoms with Crippen molar-refractivity contribution in [2.75, 3.05) is 16.8 Å². The molecule has 3 aromatic carbocycles. The highest BCUT2D eigenvalue weighted by Crippen LogP contribution is 2.31. The Morgan fingerprint density at radius 3 is 2.64 bits per heavy atom. The van der Waals surface area contributed by atoms with Crippen molar-refractivity contribution in [2.45, 2.75) is 23.8 Å². The molecular formula is C24H21FN4O3S. The SMILES string of the molecule is N#Cc1cccc(N2CCCC2C(=O)Nc2ccc(-c3ccccc3S(N)(=O)=O)cc2F)c1. The summed E-state index contributed by atoms with van der Waals surface area (Å²) in [6, 6.07) is 18.8. The molecule has 1 fully saturated rings. The van der Waals surface area contributed by atoms with Crippen LogP contribution in [0.25, 0.3) is 11.1 Å². The van der Waals surface area contributed by atoms with Gasteiger partial charge >= 0.3 is 0 Å². The lowest BCUT2D eigenvalue weighted by atomic mass is 10.0. The summed E-state index contributed by atoms with van der Waals surface area (Å²) in [6.45, 7) is 0.652. The number of amides is 1. The number of nitrogens with one attached hydrogen (secondary N) is 1. The minimum Gasteiger partial charge on any atom is -0.359 e. The van der Waals surface area contributed by atoms with Crippen LogP contribution in [0.1, 0.15) is 18.4 Å². The first-order valence-electron chi connectivity index (χ1n) is 10.3. The lowest BCUT2D eigenvalue weighted by molar-refractivity contribution is -0.117. The number of sulfonamides is 1. The molecule has 0 aliphatic carbocycles. The smallest absolute Gasteiger partial charge is 0.247 e.